The quantitative estimate of drug-likeness (QED) is 0.203. The van der Waals surface area contributed by atoms with Gasteiger partial charge in [-0.05, 0) is 150 Å². The Hall–Kier alpha value is -3.58. The summed E-state index contributed by atoms with van der Waals surface area (Å²) in [6, 6.07) is 8.60. The predicted octanol–water partition coefficient (Wildman–Crippen LogP) is 8.61. The molecule has 5 aliphatic carbocycles. The van der Waals surface area contributed by atoms with Crippen LogP contribution in [0.25, 0.3) is 22.0 Å². The smallest absolute Gasteiger partial charge is 0.163 e. The molecule has 3 heterocycles. The van der Waals surface area contributed by atoms with E-state index >= 15 is 0 Å². The van der Waals surface area contributed by atoms with Crippen molar-refractivity contribution in [3.63, 3.8) is 0 Å². The summed E-state index contributed by atoms with van der Waals surface area (Å²) >= 11 is 0. The van der Waals surface area contributed by atoms with Crippen LogP contribution in [-0.4, -0.2) is 64.0 Å². The molecule has 5 fully saturated rings. The van der Waals surface area contributed by atoms with Gasteiger partial charge in [0.25, 0.3) is 0 Å². The Kier molecular flexibility index (Phi) is 8.62. The number of fused-ring (bicyclic) bond motifs is 1. The fourth-order valence-corrected chi connectivity index (χ4v) is 10.7. The lowest BCUT2D eigenvalue weighted by atomic mass is 9.49. The van der Waals surface area contributed by atoms with Crippen LogP contribution in [0.3, 0.4) is 0 Å². The molecule has 4 bridgehead atoms. The van der Waals surface area contributed by atoms with Crippen molar-refractivity contribution in [1.82, 2.24) is 19.7 Å². The minimum absolute atomic E-state index is 0.0418. The second-order valence-electron chi connectivity index (χ2n) is 16.7. The van der Waals surface area contributed by atoms with Gasteiger partial charge in [-0.15, -0.1) is 0 Å². The van der Waals surface area contributed by atoms with Crippen LogP contribution in [0.2, 0.25) is 0 Å². The summed E-state index contributed by atoms with van der Waals surface area (Å²) in [6.07, 6.45) is 17.6. The number of aromatic nitrogens is 3. The molecule has 49 heavy (non-hydrogen) atoms. The molecule has 7 nitrogen and oxygen atoms in total. The zero-order valence-corrected chi connectivity index (χ0v) is 30.0. The van der Waals surface area contributed by atoms with Gasteiger partial charge in [-0.2, -0.15) is 5.10 Å². The van der Waals surface area contributed by atoms with E-state index in [1.165, 1.54) is 51.5 Å². The molecule has 0 atom stereocenters. The number of hydrogen-bond donors (Lipinski definition) is 0. The molecule has 0 unspecified atom stereocenters. The lowest BCUT2D eigenvalue weighted by Crippen LogP contribution is -2.50. The van der Waals surface area contributed by atoms with E-state index < -0.39 is 0 Å². The fourth-order valence-electron chi connectivity index (χ4n) is 10.7. The van der Waals surface area contributed by atoms with Gasteiger partial charge in [-0.3, -0.25) is 19.2 Å². The third-order valence-corrected chi connectivity index (χ3v) is 12.7. The van der Waals surface area contributed by atoms with Crippen LogP contribution in [0.5, 0.6) is 0 Å². The van der Waals surface area contributed by atoms with Gasteiger partial charge in [-0.25, -0.2) is 4.98 Å². The first kappa shape index (κ1) is 32.6. The number of benzene rings is 1. The molecular weight excluding hydrogens is 606 g/mol. The lowest BCUT2D eigenvalue weighted by molar-refractivity contribution is -0.115. The summed E-state index contributed by atoms with van der Waals surface area (Å²) in [5.74, 6) is 4.31. The fraction of sp³-hybridized carbons (Fsp3) is 0.571. The maximum atomic E-state index is 13.8. The van der Waals surface area contributed by atoms with Gasteiger partial charge in [-0.1, -0.05) is 11.6 Å². The van der Waals surface area contributed by atoms with Gasteiger partial charge in [0.05, 0.1) is 11.7 Å². The number of allylic oxidation sites excluding steroid dienone is 4. The summed E-state index contributed by atoms with van der Waals surface area (Å²) in [6.45, 7) is 13.7. The maximum absolute atomic E-state index is 13.8. The van der Waals surface area contributed by atoms with Crippen molar-refractivity contribution in [2.75, 3.05) is 37.6 Å². The van der Waals surface area contributed by atoms with Gasteiger partial charge >= 0.3 is 0 Å². The van der Waals surface area contributed by atoms with Crippen LogP contribution in [0, 0.1) is 23.2 Å². The van der Waals surface area contributed by atoms with Crippen molar-refractivity contribution in [2.24, 2.45) is 23.2 Å². The number of carbonyl (C=O) groups is 2. The van der Waals surface area contributed by atoms with E-state index in [0.29, 0.717) is 30.2 Å². The van der Waals surface area contributed by atoms with E-state index in [4.69, 9.17) is 4.98 Å². The standard InChI is InChI=1S/C42H53N5O2/c1-27(2)47-38-21-34(20-36(37(38)26-44-47)39(48)7-6-35-29(4)15-28(3)16-40(35)49)33-5-8-41(43-25-33)46-13-11-45(12-14-46)10-9-42-22-30-17-31(23-42)19-32(18-30)24-42/h5,8,15,20-21,25-27,30-32H,6-7,9-14,16-19,22-24H2,1-4H3. The van der Waals surface area contributed by atoms with E-state index in [1.54, 1.807) is 0 Å². The highest BCUT2D eigenvalue weighted by atomic mass is 16.1. The first-order chi connectivity index (χ1) is 23.6. The van der Waals surface area contributed by atoms with Gasteiger partial charge in [0, 0.05) is 67.8 Å². The van der Waals surface area contributed by atoms with Crippen LogP contribution in [0.1, 0.15) is 108 Å². The number of Topliss-reactive ketones (excluding diaryl/α,β-unsaturated/α-hetero) is 2. The van der Waals surface area contributed by atoms with Crippen LogP contribution in [-0.2, 0) is 4.79 Å². The SMILES string of the molecule is CC1=CC(C)=C(CCC(=O)c2cc(-c3ccc(N4CCN(CCC56CC7CC(CC(C7)C5)C6)CC4)nc3)cc3c2cnn3C(C)C)C(=O)C1. The summed E-state index contributed by atoms with van der Waals surface area (Å²) in [7, 11) is 0. The maximum Gasteiger partial charge on any atom is 0.163 e. The molecule has 9 rings (SSSR count). The highest BCUT2D eigenvalue weighted by molar-refractivity contribution is 6.09. The molecule has 2 aromatic heterocycles. The Morgan fingerprint density at radius 3 is 2.29 bits per heavy atom. The first-order valence-electron chi connectivity index (χ1n) is 19.0. The Labute approximate surface area is 291 Å². The summed E-state index contributed by atoms with van der Waals surface area (Å²) in [5.41, 5.74) is 7.09. The monoisotopic (exact) mass is 659 g/mol. The van der Waals surface area contributed by atoms with E-state index in [1.807, 2.05) is 37.0 Å². The number of piperazine rings is 1. The second-order valence-corrected chi connectivity index (χ2v) is 16.7. The largest absolute Gasteiger partial charge is 0.354 e. The number of ketones is 2. The Morgan fingerprint density at radius 2 is 1.65 bits per heavy atom. The molecular formula is C42H53N5O2. The van der Waals surface area contributed by atoms with Gasteiger partial charge in [0.2, 0.25) is 0 Å². The van der Waals surface area contributed by atoms with Crippen molar-refractivity contribution in [3.05, 3.63) is 65.0 Å². The normalized spacial score (nSPS) is 27.1. The number of carbonyl (C=O) groups excluding carboxylic acids is 2. The van der Waals surface area contributed by atoms with Crippen molar-refractivity contribution in [3.8, 4) is 11.1 Å². The predicted molar refractivity (Wildman–Crippen MR) is 197 cm³/mol. The number of rotatable bonds is 10. The molecule has 1 aromatic carbocycles. The third-order valence-electron chi connectivity index (χ3n) is 12.7. The first-order valence-corrected chi connectivity index (χ1v) is 19.0. The van der Waals surface area contributed by atoms with Crippen molar-refractivity contribution < 1.29 is 9.59 Å². The van der Waals surface area contributed by atoms with Crippen molar-refractivity contribution in [2.45, 2.75) is 97.9 Å². The molecule has 0 amide bonds. The number of hydrogen-bond acceptors (Lipinski definition) is 6. The number of pyridine rings is 1. The molecule has 258 valence electrons. The summed E-state index contributed by atoms with van der Waals surface area (Å²) in [4.78, 5) is 36.6. The summed E-state index contributed by atoms with van der Waals surface area (Å²) < 4.78 is 1.99. The Balaban J connectivity index is 0.946. The topological polar surface area (TPSA) is 71.3 Å². The van der Waals surface area contributed by atoms with Crippen LogP contribution < -0.4 is 4.90 Å². The van der Waals surface area contributed by atoms with Crippen LogP contribution in [0.4, 0.5) is 5.82 Å². The molecule has 1 saturated heterocycles. The molecule has 0 spiro atoms. The van der Waals surface area contributed by atoms with Crippen LogP contribution >= 0.6 is 0 Å². The average molecular weight is 660 g/mol. The molecule has 3 aromatic rings. The van der Waals surface area contributed by atoms with Gasteiger partial charge in [0.15, 0.2) is 11.6 Å². The average Bonchev–Trinajstić information content (AvgIpc) is 3.51. The molecule has 1 aliphatic heterocycles. The van der Waals surface area contributed by atoms with Gasteiger partial charge in [0.1, 0.15) is 5.82 Å². The lowest BCUT2D eigenvalue weighted by Gasteiger charge is -2.57. The van der Waals surface area contributed by atoms with E-state index in [-0.39, 0.29) is 17.6 Å². The Bertz CT molecular complexity index is 1790. The molecule has 6 aliphatic rings. The number of nitrogens with zero attached hydrogens (tertiary/aromatic N) is 5. The van der Waals surface area contributed by atoms with E-state index in [2.05, 4.69) is 53.0 Å². The second kappa shape index (κ2) is 12.9. The third kappa shape index (κ3) is 6.44. The Morgan fingerprint density at radius 1 is 0.939 bits per heavy atom. The molecule has 7 heteroatoms. The minimum atomic E-state index is 0.0418. The summed E-state index contributed by atoms with van der Waals surface area (Å²) in [5, 5.41) is 5.53. The molecule has 0 radical (unpaired) electrons. The number of anilines is 1. The zero-order chi connectivity index (χ0) is 33.9. The van der Waals surface area contributed by atoms with Crippen LogP contribution in [0.15, 0.2) is 59.5 Å². The highest BCUT2D eigenvalue weighted by Crippen LogP contribution is 2.61. The zero-order valence-electron chi connectivity index (χ0n) is 30.0. The van der Waals surface area contributed by atoms with Crippen molar-refractivity contribution in [1.29, 1.82) is 0 Å². The highest BCUT2D eigenvalue weighted by Gasteiger charge is 2.50. The van der Waals surface area contributed by atoms with E-state index in [9.17, 15) is 9.59 Å². The molecule has 0 N–H and O–H groups in total. The van der Waals surface area contributed by atoms with Crippen molar-refractivity contribution >= 4 is 28.3 Å². The minimum Gasteiger partial charge on any atom is -0.354 e. The molecule has 4 saturated carbocycles. The van der Waals surface area contributed by atoms with E-state index in [0.717, 1.165) is 88.5 Å². The van der Waals surface area contributed by atoms with Gasteiger partial charge < -0.3 is 4.90 Å².